The van der Waals surface area contributed by atoms with Gasteiger partial charge in [-0.15, -0.1) is 0 Å². The molecule has 1 aliphatic heterocycles. The number of benzene rings is 2. The molecule has 0 saturated carbocycles. The van der Waals surface area contributed by atoms with Crippen molar-refractivity contribution in [2.75, 3.05) is 20.2 Å². The van der Waals surface area contributed by atoms with E-state index >= 15 is 0 Å². The molecule has 0 saturated heterocycles. The van der Waals surface area contributed by atoms with Crippen LogP contribution in [0, 0.1) is 0 Å². The number of hydrogen-bond donors (Lipinski definition) is 0. The van der Waals surface area contributed by atoms with Gasteiger partial charge in [-0.1, -0.05) is 50.1 Å². The van der Waals surface area contributed by atoms with Crippen molar-refractivity contribution in [3.63, 3.8) is 0 Å². The standard InChI is InChI=1S/C24H27N3O4/c1-3-4-9-14-27-23(28)19-11-6-5-10-18(19)22(25-27)24(29)26(2)15-17-16-30-20-12-7-8-13-21(20)31-17/h5-8,10-13,17H,3-4,9,14-16H2,1-2H3. The number of fused-ring (bicyclic) bond motifs is 2. The van der Waals surface area contributed by atoms with Crippen molar-refractivity contribution >= 4 is 16.7 Å². The predicted molar refractivity (Wildman–Crippen MR) is 119 cm³/mol. The lowest BCUT2D eigenvalue weighted by Gasteiger charge is -2.29. The lowest BCUT2D eigenvalue weighted by atomic mass is 10.1. The van der Waals surface area contributed by atoms with E-state index in [0.717, 1.165) is 19.3 Å². The molecule has 7 nitrogen and oxygen atoms in total. The molecule has 162 valence electrons. The summed E-state index contributed by atoms with van der Waals surface area (Å²) in [4.78, 5) is 27.7. The molecule has 31 heavy (non-hydrogen) atoms. The summed E-state index contributed by atoms with van der Waals surface area (Å²) in [5.41, 5.74) is 0.123. The van der Waals surface area contributed by atoms with Crippen molar-refractivity contribution < 1.29 is 14.3 Å². The monoisotopic (exact) mass is 421 g/mol. The van der Waals surface area contributed by atoms with Crippen LogP contribution in [-0.4, -0.2) is 46.9 Å². The summed E-state index contributed by atoms with van der Waals surface area (Å²) in [6.07, 6.45) is 2.61. The lowest BCUT2D eigenvalue weighted by Crippen LogP contribution is -2.42. The summed E-state index contributed by atoms with van der Waals surface area (Å²) < 4.78 is 13.2. The summed E-state index contributed by atoms with van der Waals surface area (Å²) in [5.74, 6) is 1.13. The molecule has 0 fully saturated rings. The number of para-hydroxylation sites is 2. The quantitative estimate of drug-likeness (QED) is 0.546. The van der Waals surface area contributed by atoms with Gasteiger partial charge in [0, 0.05) is 19.0 Å². The second-order valence-corrected chi connectivity index (χ2v) is 7.81. The topological polar surface area (TPSA) is 73.7 Å². The summed E-state index contributed by atoms with van der Waals surface area (Å²) in [6.45, 7) is 3.31. The van der Waals surface area contributed by atoms with Crippen LogP contribution in [0.25, 0.3) is 10.8 Å². The third-order valence-corrected chi connectivity index (χ3v) is 5.44. The molecular formula is C24H27N3O4. The van der Waals surface area contributed by atoms with Crippen molar-refractivity contribution in [3.8, 4) is 11.5 Å². The molecule has 3 aromatic rings. The average Bonchev–Trinajstić information content (AvgIpc) is 2.80. The number of carbonyl (C=O) groups is 1. The summed E-state index contributed by atoms with van der Waals surface area (Å²) >= 11 is 0. The van der Waals surface area contributed by atoms with E-state index in [0.29, 0.717) is 42.0 Å². The molecule has 0 aliphatic carbocycles. The molecule has 2 heterocycles. The van der Waals surface area contributed by atoms with Gasteiger partial charge in [0.1, 0.15) is 6.61 Å². The van der Waals surface area contributed by atoms with E-state index in [1.807, 2.05) is 36.4 Å². The van der Waals surface area contributed by atoms with Crippen molar-refractivity contribution in [2.24, 2.45) is 0 Å². The molecule has 0 spiro atoms. The normalized spacial score (nSPS) is 15.1. The summed E-state index contributed by atoms with van der Waals surface area (Å²) in [6, 6.07) is 14.6. The first-order valence-corrected chi connectivity index (χ1v) is 10.7. The predicted octanol–water partition coefficient (Wildman–Crippen LogP) is 3.50. The maximum atomic E-state index is 13.3. The van der Waals surface area contributed by atoms with Crippen LogP contribution < -0.4 is 15.0 Å². The Morgan fingerprint density at radius 1 is 1.10 bits per heavy atom. The van der Waals surface area contributed by atoms with Gasteiger partial charge in [0.15, 0.2) is 23.3 Å². The van der Waals surface area contributed by atoms with Gasteiger partial charge in [0.05, 0.1) is 11.9 Å². The molecule has 1 amide bonds. The lowest BCUT2D eigenvalue weighted by molar-refractivity contribution is 0.0517. The van der Waals surface area contributed by atoms with Crippen LogP contribution in [0.15, 0.2) is 53.3 Å². The highest BCUT2D eigenvalue weighted by Crippen LogP contribution is 2.31. The minimum atomic E-state index is -0.287. The zero-order chi connectivity index (χ0) is 21.8. The average molecular weight is 421 g/mol. The molecular weight excluding hydrogens is 394 g/mol. The molecule has 7 heteroatoms. The molecule has 4 rings (SSSR count). The van der Waals surface area contributed by atoms with Crippen molar-refractivity contribution in [1.29, 1.82) is 0 Å². The Bertz CT molecular complexity index is 1140. The molecule has 0 bridgehead atoms. The number of amides is 1. The van der Waals surface area contributed by atoms with Gasteiger partial charge < -0.3 is 14.4 Å². The van der Waals surface area contributed by atoms with Crippen LogP contribution in [0.2, 0.25) is 0 Å². The highest BCUT2D eigenvalue weighted by Gasteiger charge is 2.26. The van der Waals surface area contributed by atoms with Gasteiger partial charge in [-0.25, -0.2) is 4.68 Å². The van der Waals surface area contributed by atoms with Gasteiger partial charge in [0.25, 0.3) is 11.5 Å². The van der Waals surface area contributed by atoms with Gasteiger partial charge in [0.2, 0.25) is 0 Å². The van der Waals surface area contributed by atoms with E-state index < -0.39 is 0 Å². The summed E-state index contributed by atoms with van der Waals surface area (Å²) in [7, 11) is 1.72. The molecule has 1 unspecified atom stereocenters. The molecule has 0 radical (unpaired) electrons. The number of hydrogen-bond acceptors (Lipinski definition) is 5. The van der Waals surface area contributed by atoms with Crippen molar-refractivity contribution in [1.82, 2.24) is 14.7 Å². The fourth-order valence-corrected chi connectivity index (χ4v) is 3.78. The second kappa shape index (κ2) is 9.20. The fraction of sp³-hybridized carbons (Fsp3) is 0.375. The highest BCUT2D eigenvalue weighted by molar-refractivity contribution is 6.04. The van der Waals surface area contributed by atoms with E-state index in [9.17, 15) is 9.59 Å². The number of rotatable bonds is 7. The van der Waals surface area contributed by atoms with Gasteiger partial charge in [-0.05, 0) is 24.6 Å². The van der Waals surface area contributed by atoms with Crippen molar-refractivity contribution in [2.45, 2.75) is 38.8 Å². The maximum absolute atomic E-state index is 13.3. The fourth-order valence-electron chi connectivity index (χ4n) is 3.78. The Hall–Kier alpha value is -3.35. The third kappa shape index (κ3) is 4.40. The van der Waals surface area contributed by atoms with E-state index in [4.69, 9.17) is 9.47 Å². The van der Waals surface area contributed by atoms with Crippen LogP contribution in [0.4, 0.5) is 0 Å². The number of likely N-dealkylation sites (N-methyl/N-ethyl adjacent to an activating group) is 1. The molecule has 1 aliphatic rings. The Balaban J connectivity index is 1.58. The van der Waals surface area contributed by atoms with Crippen molar-refractivity contribution in [3.05, 3.63) is 64.6 Å². The molecule has 0 N–H and O–H groups in total. The van der Waals surface area contributed by atoms with Gasteiger partial charge in [-0.3, -0.25) is 9.59 Å². The maximum Gasteiger partial charge on any atom is 0.274 e. The first-order valence-electron chi connectivity index (χ1n) is 10.7. The highest BCUT2D eigenvalue weighted by atomic mass is 16.6. The van der Waals surface area contributed by atoms with E-state index in [1.165, 1.54) is 4.68 Å². The van der Waals surface area contributed by atoms with Gasteiger partial charge >= 0.3 is 0 Å². The zero-order valence-electron chi connectivity index (χ0n) is 17.9. The van der Waals surface area contributed by atoms with E-state index in [1.54, 1.807) is 24.1 Å². The minimum Gasteiger partial charge on any atom is -0.486 e. The van der Waals surface area contributed by atoms with Crippen LogP contribution >= 0.6 is 0 Å². The number of nitrogens with zero attached hydrogens (tertiary/aromatic N) is 3. The number of ether oxygens (including phenoxy) is 2. The number of carbonyl (C=O) groups excluding carboxylic acids is 1. The SMILES string of the molecule is CCCCCn1nc(C(=O)N(C)CC2COc3ccccc3O2)c2ccccc2c1=O. The first kappa shape index (κ1) is 20.9. The molecule has 2 aromatic carbocycles. The van der Waals surface area contributed by atoms with Gasteiger partial charge in [-0.2, -0.15) is 5.10 Å². The smallest absolute Gasteiger partial charge is 0.274 e. The minimum absolute atomic E-state index is 0.161. The Morgan fingerprint density at radius 2 is 1.81 bits per heavy atom. The number of aromatic nitrogens is 2. The number of unbranched alkanes of at least 4 members (excludes halogenated alkanes) is 2. The third-order valence-electron chi connectivity index (χ3n) is 5.44. The molecule has 1 aromatic heterocycles. The van der Waals surface area contributed by atoms with Crippen LogP contribution in [0.1, 0.15) is 36.7 Å². The van der Waals surface area contributed by atoms with E-state index in [2.05, 4.69) is 12.0 Å². The Labute approximate surface area is 181 Å². The van der Waals surface area contributed by atoms with E-state index in [-0.39, 0.29) is 23.3 Å². The largest absolute Gasteiger partial charge is 0.486 e. The first-order chi connectivity index (χ1) is 15.1. The number of aryl methyl sites for hydroxylation is 1. The van der Waals surface area contributed by atoms with Crippen LogP contribution in [-0.2, 0) is 6.54 Å². The van der Waals surface area contributed by atoms with Crippen LogP contribution in [0.5, 0.6) is 11.5 Å². The van der Waals surface area contributed by atoms with Crippen LogP contribution in [0.3, 0.4) is 0 Å². The second-order valence-electron chi connectivity index (χ2n) is 7.81. The Kier molecular flexibility index (Phi) is 6.21. The Morgan fingerprint density at radius 3 is 2.58 bits per heavy atom. The zero-order valence-corrected chi connectivity index (χ0v) is 17.9. The summed E-state index contributed by atoms with van der Waals surface area (Å²) in [5, 5.41) is 5.55. The molecule has 1 atom stereocenters.